The van der Waals surface area contributed by atoms with Crippen molar-refractivity contribution >= 4 is 18.0 Å². The fourth-order valence-electron chi connectivity index (χ4n) is 2.00. The third-order valence-corrected chi connectivity index (χ3v) is 3.00. The topological polar surface area (TPSA) is 61.8 Å². The first kappa shape index (κ1) is 17.5. The van der Waals surface area contributed by atoms with Crippen molar-refractivity contribution in [3.8, 4) is 0 Å². The minimum absolute atomic E-state index is 0.0296. The largest absolute Gasteiger partial charge is 0.514 e. The molecule has 0 atom stereocenters. The summed E-state index contributed by atoms with van der Waals surface area (Å²) in [5.74, 6) is 0.0304. The Morgan fingerprint density at radius 3 is 2.29 bits per heavy atom. The number of carbonyl (C=O) groups excluding carboxylic acids is 2. The number of hydrogen-bond donors (Lipinski definition) is 0. The second kappa shape index (κ2) is 7.17. The molecule has 0 radical (unpaired) electrons. The van der Waals surface area contributed by atoms with Crippen molar-refractivity contribution in [2.24, 2.45) is 0 Å². The van der Waals surface area contributed by atoms with E-state index in [0.717, 1.165) is 5.56 Å². The molecule has 0 heterocycles. The highest BCUT2D eigenvalue weighted by atomic mass is 16.7. The van der Waals surface area contributed by atoms with Crippen LogP contribution in [0.25, 0.3) is 6.08 Å². The van der Waals surface area contributed by atoms with E-state index in [0.29, 0.717) is 5.57 Å². The fourth-order valence-corrected chi connectivity index (χ4v) is 2.00. The van der Waals surface area contributed by atoms with Crippen LogP contribution >= 0.6 is 0 Å². The van der Waals surface area contributed by atoms with Gasteiger partial charge in [0.1, 0.15) is 5.60 Å². The molecule has 5 nitrogen and oxygen atoms in total. The molecule has 0 saturated carbocycles. The lowest BCUT2D eigenvalue weighted by Crippen LogP contribution is -2.25. The molecule has 24 heavy (non-hydrogen) atoms. The van der Waals surface area contributed by atoms with Crippen LogP contribution in [-0.4, -0.2) is 24.6 Å². The molecule has 1 aliphatic rings. The zero-order chi connectivity index (χ0) is 17.7. The second-order valence-corrected chi connectivity index (χ2v) is 6.16. The number of carbonyl (C=O) groups is 2. The van der Waals surface area contributed by atoms with E-state index in [2.05, 4.69) is 0 Å². The molecule has 0 N–H and O–H groups in total. The Hall–Kier alpha value is -2.82. The van der Waals surface area contributed by atoms with Gasteiger partial charge in [-0.1, -0.05) is 30.3 Å². The highest BCUT2D eigenvalue weighted by Crippen LogP contribution is 2.24. The summed E-state index contributed by atoms with van der Waals surface area (Å²) in [6.07, 6.45) is 3.61. The van der Waals surface area contributed by atoms with Gasteiger partial charge in [0.05, 0.1) is 7.11 Å². The maximum Gasteiger partial charge on any atom is 0.514 e. The van der Waals surface area contributed by atoms with E-state index in [9.17, 15) is 9.59 Å². The summed E-state index contributed by atoms with van der Waals surface area (Å²) < 4.78 is 15.4. The van der Waals surface area contributed by atoms with Crippen LogP contribution in [0.3, 0.4) is 0 Å². The normalized spacial score (nSPS) is 16.3. The minimum atomic E-state index is -0.889. The van der Waals surface area contributed by atoms with Gasteiger partial charge < -0.3 is 14.2 Å². The predicted molar refractivity (Wildman–Crippen MR) is 89.9 cm³/mol. The predicted octanol–water partition coefficient (Wildman–Crippen LogP) is 4.02. The number of ketones is 1. The second-order valence-electron chi connectivity index (χ2n) is 6.16. The van der Waals surface area contributed by atoms with Gasteiger partial charge in [0.15, 0.2) is 17.3 Å². The lowest BCUT2D eigenvalue weighted by molar-refractivity contribution is -0.111. The maximum absolute atomic E-state index is 12.3. The molecule has 0 aromatic heterocycles. The van der Waals surface area contributed by atoms with Crippen molar-refractivity contribution in [2.75, 3.05) is 7.11 Å². The van der Waals surface area contributed by atoms with E-state index < -0.39 is 11.8 Å². The Morgan fingerprint density at radius 1 is 1.04 bits per heavy atom. The van der Waals surface area contributed by atoms with Crippen LogP contribution in [0.1, 0.15) is 26.3 Å². The van der Waals surface area contributed by atoms with Crippen LogP contribution < -0.4 is 0 Å². The molecule has 0 spiro atoms. The molecule has 0 saturated heterocycles. The fraction of sp³-hybridized carbons (Fsp3) is 0.263. The van der Waals surface area contributed by atoms with Crippen molar-refractivity contribution in [1.29, 1.82) is 0 Å². The zero-order valence-corrected chi connectivity index (χ0v) is 14.2. The van der Waals surface area contributed by atoms with Crippen LogP contribution in [0.5, 0.6) is 0 Å². The van der Waals surface area contributed by atoms with Crippen molar-refractivity contribution in [3.63, 3.8) is 0 Å². The molecule has 0 unspecified atom stereocenters. The van der Waals surface area contributed by atoms with Gasteiger partial charge in [-0.3, -0.25) is 4.79 Å². The van der Waals surface area contributed by atoms with Crippen molar-refractivity contribution in [1.82, 2.24) is 0 Å². The molecule has 126 valence electrons. The molecule has 0 fully saturated rings. The molecule has 5 heteroatoms. The zero-order valence-electron chi connectivity index (χ0n) is 14.2. The van der Waals surface area contributed by atoms with Crippen molar-refractivity contribution < 1.29 is 23.8 Å². The highest BCUT2D eigenvalue weighted by Gasteiger charge is 2.25. The summed E-state index contributed by atoms with van der Waals surface area (Å²) >= 11 is 0. The Morgan fingerprint density at radius 2 is 1.71 bits per heavy atom. The first-order chi connectivity index (χ1) is 11.3. The van der Waals surface area contributed by atoms with E-state index in [1.807, 2.05) is 30.3 Å². The summed E-state index contributed by atoms with van der Waals surface area (Å²) in [6, 6.07) is 9.43. The molecule has 0 bridgehead atoms. The van der Waals surface area contributed by atoms with E-state index >= 15 is 0 Å². The number of benzene rings is 1. The van der Waals surface area contributed by atoms with Crippen molar-refractivity contribution in [3.05, 3.63) is 65.1 Å². The molecule has 1 aromatic rings. The average molecular weight is 328 g/mol. The number of rotatable bonds is 3. The van der Waals surface area contributed by atoms with Crippen LogP contribution in [-0.2, 0) is 19.0 Å². The number of allylic oxidation sites excluding steroid dienone is 3. The Balaban J connectivity index is 2.21. The van der Waals surface area contributed by atoms with Gasteiger partial charge in [0.25, 0.3) is 0 Å². The lowest BCUT2D eigenvalue weighted by atomic mass is 10.0. The molecule has 1 aliphatic carbocycles. The van der Waals surface area contributed by atoms with Gasteiger partial charge in [-0.15, -0.1) is 0 Å². The summed E-state index contributed by atoms with van der Waals surface area (Å²) in [5.41, 5.74) is 0.637. The summed E-state index contributed by atoms with van der Waals surface area (Å²) in [5, 5.41) is 0. The first-order valence-electron chi connectivity index (χ1n) is 7.48. The summed E-state index contributed by atoms with van der Waals surface area (Å²) in [6.45, 7) is 5.17. The molecule has 0 aliphatic heterocycles. The van der Waals surface area contributed by atoms with E-state index in [4.69, 9.17) is 14.2 Å². The summed E-state index contributed by atoms with van der Waals surface area (Å²) in [7, 11) is 1.44. The van der Waals surface area contributed by atoms with E-state index in [-0.39, 0.29) is 17.3 Å². The van der Waals surface area contributed by atoms with Gasteiger partial charge in [0.2, 0.25) is 0 Å². The van der Waals surface area contributed by atoms with Crippen LogP contribution in [0.4, 0.5) is 4.79 Å². The van der Waals surface area contributed by atoms with Gasteiger partial charge in [-0.05, 0) is 38.5 Å². The Labute approximate surface area is 141 Å². The number of hydrogen-bond acceptors (Lipinski definition) is 5. The van der Waals surface area contributed by atoms with Crippen LogP contribution in [0, 0.1) is 0 Å². The Bertz CT molecular complexity index is 718. The van der Waals surface area contributed by atoms with Gasteiger partial charge in [-0.2, -0.15) is 0 Å². The molecule has 2 rings (SSSR count). The molecule has 0 amide bonds. The third kappa shape index (κ3) is 4.84. The summed E-state index contributed by atoms with van der Waals surface area (Å²) in [4.78, 5) is 24.0. The van der Waals surface area contributed by atoms with Gasteiger partial charge >= 0.3 is 6.16 Å². The quantitative estimate of drug-likeness (QED) is 0.619. The third-order valence-electron chi connectivity index (χ3n) is 3.00. The van der Waals surface area contributed by atoms with Gasteiger partial charge in [0, 0.05) is 11.6 Å². The van der Waals surface area contributed by atoms with Crippen LogP contribution in [0.2, 0.25) is 0 Å². The standard InChI is InChI=1S/C19H20O5/c1-19(2,3)24-18(21)23-17-12-15(20)14(11-16(17)22-4)10-13-8-6-5-7-9-13/h5-12H,1-4H3/b14-10-. The first-order valence-corrected chi connectivity index (χ1v) is 7.48. The maximum atomic E-state index is 12.3. The molecule has 1 aromatic carbocycles. The van der Waals surface area contributed by atoms with Crippen molar-refractivity contribution in [2.45, 2.75) is 26.4 Å². The Kier molecular flexibility index (Phi) is 5.24. The molecular weight excluding hydrogens is 308 g/mol. The minimum Gasteiger partial charge on any atom is -0.493 e. The van der Waals surface area contributed by atoms with E-state index in [1.54, 1.807) is 26.8 Å². The highest BCUT2D eigenvalue weighted by molar-refractivity contribution is 6.11. The monoisotopic (exact) mass is 328 g/mol. The number of methoxy groups -OCH3 is 1. The smallest absolute Gasteiger partial charge is 0.493 e. The lowest BCUT2D eigenvalue weighted by Gasteiger charge is -2.21. The SMILES string of the molecule is COC1=C/C(=C/c2ccccc2)C(=O)C=C1OC(=O)OC(C)(C)C. The van der Waals surface area contributed by atoms with Gasteiger partial charge in [-0.25, -0.2) is 4.79 Å². The van der Waals surface area contributed by atoms with E-state index in [1.165, 1.54) is 19.3 Å². The average Bonchev–Trinajstić information content (AvgIpc) is 2.49. The molecular formula is C19H20O5. The van der Waals surface area contributed by atoms with Crippen LogP contribution in [0.15, 0.2) is 59.6 Å². The number of ether oxygens (including phenoxy) is 3.